The third-order valence-electron chi connectivity index (χ3n) is 2.71. The lowest BCUT2D eigenvalue weighted by molar-refractivity contribution is 0.0696. The third kappa shape index (κ3) is 2.24. The van der Waals surface area contributed by atoms with Crippen LogP contribution in [0, 0.1) is 0 Å². The van der Waals surface area contributed by atoms with Gasteiger partial charge in [0.25, 0.3) is 0 Å². The summed E-state index contributed by atoms with van der Waals surface area (Å²) in [5.41, 5.74) is 6.05. The molecule has 0 bridgehead atoms. The molecule has 1 fully saturated rings. The van der Waals surface area contributed by atoms with Gasteiger partial charge in [0.15, 0.2) is 0 Å². The van der Waals surface area contributed by atoms with Gasteiger partial charge < -0.3 is 15.6 Å². The molecule has 1 aromatic heterocycles. The van der Waals surface area contributed by atoms with Crippen LogP contribution in [0.2, 0.25) is 0 Å². The summed E-state index contributed by atoms with van der Waals surface area (Å²) in [5, 5.41) is 8.75. The monoisotopic (exact) mass is 222 g/mol. The van der Waals surface area contributed by atoms with Gasteiger partial charge in [-0.25, -0.2) is 9.78 Å². The molecule has 0 unspecified atom stereocenters. The minimum absolute atomic E-state index is 0.0799. The van der Waals surface area contributed by atoms with Crippen LogP contribution < -0.4 is 10.5 Å². The molecule has 16 heavy (non-hydrogen) atoms. The van der Waals surface area contributed by atoms with Crippen LogP contribution in [0.25, 0.3) is 0 Å². The standard InChI is InChI=1S/C11H14N2O3/c12-9-5-7(11(14)15)6-13-10(9)16-8-3-1-2-4-8/h5-6,8H,1-4,12H2,(H,14,15). The van der Waals surface area contributed by atoms with Crippen LogP contribution in [-0.4, -0.2) is 22.2 Å². The van der Waals surface area contributed by atoms with Crippen molar-refractivity contribution in [2.75, 3.05) is 5.73 Å². The van der Waals surface area contributed by atoms with Crippen LogP contribution in [0.1, 0.15) is 36.0 Å². The van der Waals surface area contributed by atoms with Crippen LogP contribution in [0.4, 0.5) is 5.69 Å². The van der Waals surface area contributed by atoms with Crippen molar-refractivity contribution >= 4 is 11.7 Å². The summed E-state index contributed by atoms with van der Waals surface area (Å²) in [7, 11) is 0. The Morgan fingerprint density at radius 2 is 2.19 bits per heavy atom. The Morgan fingerprint density at radius 3 is 2.75 bits per heavy atom. The zero-order valence-corrected chi connectivity index (χ0v) is 8.85. The molecule has 0 amide bonds. The molecule has 0 saturated heterocycles. The summed E-state index contributed by atoms with van der Waals surface area (Å²) in [5.74, 6) is -0.691. The molecule has 0 aliphatic heterocycles. The minimum atomic E-state index is -1.04. The average Bonchev–Trinajstić information content (AvgIpc) is 2.73. The maximum Gasteiger partial charge on any atom is 0.337 e. The van der Waals surface area contributed by atoms with E-state index >= 15 is 0 Å². The van der Waals surface area contributed by atoms with E-state index in [9.17, 15) is 4.79 Å². The van der Waals surface area contributed by atoms with Gasteiger partial charge in [0.1, 0.15) is 6.10 Å². The molecule has 86 valence electrons. The number of hydrogen-bond acceptors (Lipinski definition) is 4. The van der Waals surface area contributed by atoms with E-state index in [1.54, 1.807) is 0 Å². The molecule has 1 aliphatic carbocycles. The van der Waals surface area contributed by atoms with Crippen LogP contribution in [-0.2, 0) is 0 Å². The second kappa shape index (κ2) is 4.38. The van der Waals surface area contributed by atoms with Gasteiger partial charge >= 0.3 is 5.97 Å². The van der Waals surface area contributed by atoms with E-state index in [-0.39, 0.29) is 17.4 Å². The van der Waals surface area contributed by atoms with Crippen molar-refractivity contribution in [3.05, 3.63) is 17.8 Å². The van der Waals surface area contributed by atoms with E-state index in [1.807, 2.05) is 0 Å². The van der Waals surface area contributed by atoms with Gasteiger partial charge in [0, 0.05) is 6.20 Å². The smallest absolute Gasteiger partial charge is 0.337 e. The first-order chi connectivity index (χ1) is 7.66. The topological polar surface area (TPSA) is 85.4 Å². The molecule has 1 aromatic rings. The average molecular weight is 222 g/mol. The second-order valence-corrected chi connectivity index (χ2v) is 3.95. The van der Waals surface area contributed by atoms with Crippen molar-refractivity contribution in [2.24, 2.45) is 0 Å². The predicted molar refractivity (Wildman–Crippen MR) is 58.5 cm³/mol. The van der Waals surface area contributed by atoms with Crippen molar-refractivity contribution in [1.29, 1.82) is 0 Å². The summed E-state index contributed by atoms with van der Waals surface area (Å²) in [6.07, 6.45) is 5.80. The number of carbonyl (C=O) groups is 1. The van der Waals surface area contributed by atoms with Crippen molar-refractivity contribution in [2.45, 2.75) is 31.8 Å². The molecule has 2 rings (SSSR count). The Balaban J connectivity index is 2.12. The van der Waals surface area contributed by atoms with E-state index in [0.717, 1.165) is 25.7 Å². The van der Waals surface area contributed by atoms with Gasteiger partial charge in [0.05, 0.1) is 11.3 Å². The number of aromatic nitrogens is 1. The number of carboxylic acid groups (broad SMARTS) is 1. The van der Waals surface area contributed by atoms with Crippen molar-refractivity contribution in [1.82, 2.24) is 4.98 Å². The number of aromatic carboxylic acids is 1. The summed E-state index contributed by atoms with van der Waals surface area (Å²) in [6.45, 7) is 0. The lowest BCUT2D eigenvalue weighted by Gasteiger charge is -2.13. The SMILES string of the molecule is Nc1cc(C(=O)O)cnc1OC1CCCC1. The Kier molecular flexibility index (Phi) is 2.94. The quantitative estimate of drug-likeness (QED) is 0.812. The number of nitrogens with zero attached hydrogens (tertiary/aromatic N) is 1. The summed E-state index contributed by atoms with van der Waals surface area (Å²) >= 11 is 0. The fraction of sp³-hybridized carbons (Fsp3) is 0.455. The van der Waals surface area contributed by atoms with Gasteiger partial charge in [-0.2, -0.15) is 0 Å². The number of rotatable bonds is 3. The maximum absolute atomic E-state index is 10.7. The first kappa shape index (κ1) is 10.7. The zero-order chi connectivity index (χ0) is 11.5. The van der Waals surface area contributed by atoms with E-state index in [4.69, 9.17) is 15.6 Å². The molecule has 0 radical (unpaired) electrons. The molecule has 1 aliphatic rings. The Labute approximate surface area is 93.2 Å². The fourth-order valence-electron chi connectivity index (χ4n) is 1.85. The van der Waals surface area contributed by atoms with E-state index in [1.165, 1.54) is 12.3 Å². The Bertz CT molecular complexity index is 400. The summed E-state index contributed by atoms with van der Waals surface area (Å²) in [6, 6.07) is 1.37. The molecule has 5 nitrogen and oxygen atoms in total. The lowest BCUT2D eigenvalue weighted by Crippen LogP contribution is -2.13. The molecule has 1 heterocycles. The first-order valence-electron chi connectivity index (χ1n) is 5.32. The molecule has 0 aromatic carbocycles. The minimum Gasteiger partial charge on any atom is -0.478 e. The number of carboxylic acids is 1. The van der Waals surface area contributed by atoms with Crippen LogP contribution >= 0.6 is 0 Å². The summed E-state index contributed by atoms with van der Waals surface area (Å²) in [4.78, 5) is 14.6. The largest absolute Gasteiger partial charge is 0.478 e. The fourth-order valence-corrected chi connectivity index (χ4v) is 1.85. The highest BCUT2D eigenvalue weighted by Crippen LogP contribution is 2.26. The summed E-state index contributed by atoms with van der Waals surface area (Å²) < 4.78 is 5.61. The van der Waals surface area contributed by atoms with Crippen molar-refractivity contribution < 1.29 is 14.6 Å². The molecular formula is C11H14N2O3. The third-order valence-corrected chi connectivity index (χ3v) is 2.71. The highest BCUT2D eigenvalue weighted by Gasteiger charge is 2.18. The van der Waals surface area contributed by atoms with Crippen LogP contribution in [0.15, 0.2) is 12.3 Å². The molecule has 5 heteroatoms. The maximum atomic E-state index is 10.7. The molecule has 0 spiro atoms. The van der Waals surface area contributed by atoms with Gasteiger partial charge in [-0.05, 0) is 31.7 Å². The zero-order valence-electron chi connectivity index (χ0n) is 8.85. The van der Waals surface area contributed by atoms with Gasteiger partial charge in [-0.15, -0.1) is 0 Å². The van der Waals surface area contributed by atoms with Crippen LogP contribution in [0.5, 0.6) is 5.88 Å². The van der Waals surface area contributed by atoms with Crippen LogP contribution in [0.3, 0.4) is 0 Å². The number of anilines is 1. The molecule has 0 atom stereocenters. The Hall–Kier alpha value is -1.78. The van der Waals surface area contributed by atoms with E-state index in [0.29, 0.717) is 5.88 Å². The predicted octanol–water partition coefficient (Wildman–Crippen LogP) is 1.68. The Morgan fingerprint density at radius 1 is 1.50 bits per heavy atom. The normalized spacial score (nSPS) is 16.2. The van der Waals surface area contributed by atoms with Crippen molar-refractivity contribution in [3.8, 4) is 5.88 Å². The van der Waals surface area contributed by atoms with Gasteiger partial charge in [0.2, 0.25) is 5.88 Å². The number of nitrogens with two attached hydrogens (primary N) is 1. The number of nitrogen functional groups attached to an aromatic ring is 1. The number of pyridine rings is 1. The van der Waals surface area contributed by atoms with Crippen molar-refractivity contribution in [3.63, 3.8) is 0 Å². The number of hydrogen-bond donors (Lipinski definition) is 2. The lowest BCUT2D eigenvalue weighted by atomic mass is 10.2. The first-order valence-corrected chi connectivity index (χ1v) is 5.32. The van der Waals surface area contributed by atoms with Gasteiger partial charge in [-0.1, -0.05) is 0 Å². The van der Waals surface area contributed by atoms with Gasteiger partial charge in [-0.3, -0.25) is 0 Å². The molecule has 1 saturated carbocycles. The number of ether oxygens (including phenoxy) is 1. The highest BCUT2D eigenvalue weighted by molar-refractivity contribution is 5.88. The van der Waals surface area contributed by atoms with E-state index < -0.39 is 5.97 Å². The second-order valence-electron chi connectivity index (χ2n) is 3.95. The van der Waals surface area contributed by atoms with E-state index in [2.05, 4.69) is 4.98 Å². The molecular weight excluding hydrogens is 208 g/mol. The molecule has 3 N–H and O–H groups in total. The highest BCUT2D eigenvalue weighted by atomic mass is 16.5.